The zero-order valence-electron chi connectivity index (χ0n) is 21.0. The number of aryl methyl sites for hydroxylation is 1. The number of fused-ring (bicyclic) bond motifs is 2. The highest BCUT2D eigenvalue weighted by molar-refractivity contribution is 9.10. The summed E-state index contributed by atoms with van der Waals surface area (Å²) in [6, 6.07) is 21.5. The highest BCUT2D eigenvalue weighted by Crippen LogP contribution is 2.54. The first kappa shape index (κ1) is 27.0. The van der Waals surface area contributed by atoms with Gasteiger partial charge in [-0.2, -0.15) is 0 Å². The van der Waals surface area contributed by atoms with E-state index in [9.17, 15) is 19.2 Å². The minimum Gasteiger partial charge on any atom is -0.325 e. The lowest BCUT2D eigenvalue weighted by Gasteiger charge is -2.30. The minimum atomic E-state index is -0.760. The van der Waals surface area contributed by atoms with Crippen molar-refractivity contribution in [1.82, 2.24) is 4.57 Å². The number of hydrogen-bond acceptors (Lipinski definition) is 6. The Kier molecular flexibility index (Phi) is 7.20. The molecule has 1 fully saturated rings. The van der Waals surface area contributed by atoms with Crippen LogP contribution in [0.2, 0.25) is 5.02 Å². The lowest BCUT2D eigenvalue weighted by Crippen LogP contribution is -2.33. The molecule has 3 aromatic carbocycles. The Bertz CT molecular complexity index is 1700. The summed E-state index contributed by atoms with van der Waals surface area (Å²) in [5, 5.41) is 3.15. The van der Waals surface area contributed by atoms with E-state index in [1.807, 2.05) is 31.2 Å². The van der Waals surface area contributed by atoms with Gasteiger partial charge >= 0.3 is 4.87 Å². The molecule has 11 heteroatoms. The fourth-order valence-corrected chi connectivity index (χ4v) is 8.27. The molecule has 3 heterocycles. The number of hydrogen-bond donors (Lipinski definition) is 1. The maximum atomic E-state index is 13.9. The van der Waals surface area contributed by atoms with Crippen LogP contribution < -0.4 is 15.1 Å². The van der Waals surface area contributed by atoms with Crippen LogP contribution in [0.4, 0.5) is 11.4 Å². The molecule has 0 aliphatic carbocycles. The molecule has 6 rings (SSSR count). The van der Waals surface area contributed by atoms with Crippen LogP contribution in [0.3, 0.4) is 0 Å². The predicted molar refractivity (Wildman–Crippen MR) is 161 cm³/mol. The Morgan fingerprint density at radius 2 is 1.62 bits per heavy atom. The van der Waals surface area contributed by atoms with Gasteiger partial charge < -0.3 is 5.32 Å². The van der Waals surface area contributed by atoms with Gasteiger partial charge in [0.1, 0.15) is 11.8 Å². The van der Waals surface area contributed by atoms with Crippen molar-refractivity contribution in [1.29, 1.82) is 0 Å². The topological polar surface area (TPSA) is 88.5 Å². The summed E-state index contributed by atoms with van der Waals surface area (Å²) in [6.45, 7) is 1.74. The van der Waals surface area contributed by atoms with Crippen LogP contribution in [0.25, 0.3) is 0 Å². The Hall–Kier alpha value is -3.18. The summed E-state index contributed by atoms with van der Waals surface area (Å²) < 4.78 is 2.24. The molecule has 7 nitrogen and oxygen atoms in total. The maximum absolute atomic E-state index is 13.9. The molecule has 1 aromatic heterocycles. The molecule has 2 aliphatic rings. The summed E-state index contributed by atoms with van der Waals surface area (Å²) in [4.78, 5) is 55.5. The summed E-state index contributed by atoms with van der Waals surface area (Å²) >= 11 is 11.8. The molecule has 4 aromatic rings. The van der Waals surface area contributed by atoms with Crippen LogP contribution in [-0.4, -0.2) is 27.5 Å². The van der Waals surface area contributed by atoms with Gasteiger partial charge in [0.15, 0.2) is 0 Å². The smallest absolute Gasteiger partial charge is 0.308 e. The van der Waals surface area contributed by atoms with Crippen molar-refractivity contribution in [3.8, 4) is 0 Å². The second-order valence-electron chi connectivity index (χ2n) is 9.62. The van der Waals surface area contributed by atoms with E-state index in [1.165, 1.54) is 21.2 Å². The van der Waals surface area contributed by atoms with Crippen LogP contribution in [-0.2, 0) is 20.9 Å². The van der Waals surface area contributed by atoms with Crippen molar-refractivity contribution in [2.75, 3.05) is 10.2 Å². The third-order valence-electron chi connectivity index (χ3n) is 7.00. The van der Waals surface area contributed by atoms with E-state index < -0.39 is 17.1 Å². The molecule has 3 amide bonds. The third-order valence-corrected chi connectivity index (χ3v) is 10.4. The summed E-state index contributed by atoms with van der Waals surface area (Å²) in [6.07, 6.45) is 0. The minimum absolute atomic E-state index is 0.213. The highest BCUT2D eigenvalue weighted by atomic mass is 79.9. The van der Waals surface area contributed by atoms with Gasteiger partial charge in [-0.3, -0.25) is 23.7 Å². The van der Waals surface area contributed by atoms with E-state index in [2.05, 4.69) is 21.2 Å². The van der Waals surface area contributed by atoms with Crippen molar-refractivity contribution < 1.29 is 14.4 Å². The molecule has 40 heavy (non-hydrogen) atoms. The SMILES string of the molecule is Cc1ccc(NC(=O)Cn2c3c(sc2=O)C(c2ccc(Cl)cc2)C2C(=O)N(c4ccc(Br)cc4)C(=O)C2S3)cc1. The second-order valence-corrected chi connectivity index (χ2v) is 13.1. The molecule has 202 valence electrons. The van der Waals surface area contributed by atoms with E-state index in [0.29, 0.717) is 26.3 Å². The molecule has 0 bridgehead atoms. The fourth-order valence-electron chi connectivity index (χ4n) is 5.11. The first-order valence-electron chi connectivity index (χ1n) is 12.4. The highest BCUT2D eigenvalue weighted by Gasteiger charge is 2.56. The van der Waals surface area contributed by atoms with Crippen LogP contribution in [0.5, 0.6) is 0 Å². The Morgan fingerprint density at radius 1 is 0.950 bits per heavy atom. The number of imide groups is 1. The van der Waals surface area contributed by atoms with Gasteiger partial charge in [0.05, 0.1) is 16.6 Å². The van der Waals surface area contributed by atoms with Gasteiger partial charge in [-0.25, -0.2) is 4.90 Å². The van der Waals surface area contributed by atoms with Crippen molar-refractivity contribution in [2.45, 2.75) is 29.7 Å². The molecule has 3 unspecified atom stereocenters. The second kappa shape index (κ2) is 10.7. The zero-order valence-corrected chi connectivity index (χ0v) is 24.9. The van der Waals surface area contributed by atoms with Crippen molar-refractivity contribution >= 4 is 79.7 Å². The zero-order chi connectivity index (χ0) is 28.1. The van der Waals surface area contributed by atoms with Crippen LogP contribution in [0.1, 0.15) is 21.9 Å². The molecule has 0 radical (unpaired) electrons. The van der Waals surface area contributed by atoms with Gasteiger partial charge in [-0.15, -0.1) is 0 Å². The van der Waals surface area contributed by atoms with Crippen LogP contribution >= 0.6 is 50.6 Å². The Labute approximate surface area is 251 Å². The van der Waals surface area contributed by atoms with E-state index in [0.717, 1.165) is 26.9 Å². The molecule has 0 spiro atoms. The molecular weight excluding hydrogens is 634 g/mol. The largest absolute Gasteiger partial charge is 0.325 e. The first-order valence-corrected chi connectivity index (χ1v) is 15.2. The van der Waals surface area contributed by atoms with Gasteiger partial charge in [-0.1, -0.05) is 80.5 Å². The number of thioether (sulfide) groups is 1. The first-order chi connectivity index (χ1) is 19.2. The number of amides is 3. The quantitative estimate of drug-likeness (QED) is 0.264. The Balaban J connectivity index is 1.40. The fraction of sp³-hybridized carbons (Fsp3) is 0.172. The van der Waals surface area contributed by atoms with Crippen molar-refractivity contribution in [3.63, 3.8) is 0 Å². The number of anilines is 2. The monoisotopic (exact) mass is 653 g/mol. The van der Waals surface area contributed by atoms with Gasteiger partial charge in [0, 0.05) is 26.0 Å². The van der Waals surface area contributed by atoms with E-state index >= 15 is 0 Å². The van der Waals surface area contributed by atoms with Crippen LogP contribution in [0, 0.1) is 12.8 Å². The lowest BCUT2D eigenvalue weighted by atomic mass is 9.83. The Morgan fingerprint density at radius 3 is 2.30 bits per heavy atom. The van der Waals surface area contributed by atoms with E-state index in [4.69, 9.17) is 11.6 Å². The van der Waals surface area contributed by atoms with Gasteiger partial charge in [0.2, 0.25) is 17.7 Å². The molecule has 3 atom stereocenters. The number of nitrogens with one attached hydrogen (secondary N) is 1. The molecule has 0 saturated carbocycles. The van der Waals surface area contributed by atoms with Crippen molar-refractivity contribution in [3.05, 3.63) is 108 Å². The summed E-state index contributed by atoms with van der Waals surface area (Å²) in [5.41, 5.74) is 2.95. The number of benzene rings is 3. The number of thiazole rings is 1. The lowest BCUT2D eigenvalue weighted by molar-refractivity contribution is -0.122. The van der Waals surface area contributed by atoms with Crippen LogP contribution in [0.15, 0.2) is 87.1 Å². The summed E-state index contributed by atoms with van der Waals surface area (Å²) in [5.74, 6) is -2.29. The maximum Gasteiger partial charge on any atom is 0.308 e. The average molecular weight is 655 g/mol. The summed E-state index contributed by atoms with van der Waals surface area (Å²) in [7, 11) is 0. The predicted octanol–water partition coefficient (Wildman–Crippen LogP) is 6.07. The average Bonchev–Trinajstić information content (AvgIpc) is 3.37. The number of carbonyl (C=O) groups excluding carboxylic acids is 3. The standard InChI is InChI=1S/C29H21BrClN3O4S2/c1-15-2-10-19(11-3-15)32-21(35)14-33-28-25(40-29(33)38)22(16-4-8-18(31)9-5-16)23-24(39-28)27(37)34(26(23)36)20-12-6-17(30)7-13-20/h2-13,22-24H,14H2,1H3,(H,32,35). The van der Waals surface area contributed by atoms with E-state index in [1.54, 1.807) is 48.5 Å². The number of carbonyl (C=O) groups is 3. The number of nitrogens with zero attached hydrogens (tertiary/aromatic N) is 2. The third kappa shape index (κ3) is 4.83. The molecule has 1 N–H and O–H groups in total. The number of halogens is 2. The number of aromatic nitrogens is 1. The molecule has 1 saturated heterocycles. The molecular formula is C29H21BrClN3O4S2. The normalized spacial score (nSPS) is 19.9. The molecule has 2 aliphatic heterocycles. The number of rotatable bonds is 5. The van der Waals surface area contributed by atoms with Gasteiger partial charge in [0.25, 0.3) is 0 Å². The van der Waals surface area contributed by atoms with Gasteiger partial charge in [-0.05, 0) is 61.0 Å². The van der Waals surface area contributed by atoms with E-state index in [-0.39, 0.29) is 29.1 Å². The van der Waals surface area contributed by atoms with Crippen molar-refractivity contribution in [2.24, 2.45) is 5.92 Å².